The summed E-state index contributed by atoms with van der Waals surface area (Å²) < 4.78 is 25.9. The number of likely N-dealkylation sites (N-methyl/N-ethyl adjacent to an activating group) is 1. The van der Waals surface area contributed by atoms with Crippen molar-refractivity contribution < 1.29 is 38.1 Å². The maximum Gasteiger partial charge on any atom is 0.246 e. The van der Waals surface area contributed by atoms with Crippen LogP contribution in [0.3, 0.4) is 0 Å². The van der Waals surface area contributed by atoms with E-state index in [2.05, 4.69) is 16.0 Å². The number of Topliss-reactive ketones (excluding diaryl/α,β-unsaturated/α-hetero) is 2. The molecule has 0 saturated heterocycles. The van der Waals surface area contributed by atoms with Gasteiger partial charge in [-0.15, -0.1) is 0 Å². The van der Waals surface area contributed by atoms with Gasteiger partial charge in [-0.2, -0.15) is 0 Å². The van der Waals surface area contributed by atoms with E-state index >= 15 is 0 Å². The molecule has 11 nitrogen and oxygen atoms in total. The van der Waals surface area contributed by atoms with E-state index in [1.807, 2.05) is 14.1 Å². The highest BCUT2D eigenvalue weighted by Crippen LogP contribution is 1.86. The number of ketones is 2. The Kier molecular flexibility index (Phi) is 29.2. The summed E-state index contributed by atoms with van der Waals surface area (Å²) >= 11 is 0. The Hall–Kier alpha value is -1.47. The third-order valence-electron chi connectivity index (χ3n) is 3.66. The molecule has 0 fully saturated rings. The number of nitrogens with one attached hydrogen (secondary N) is 3. The quantitative estimate of drug-likeness (QED) is 0.166. The van der Waals surface area contributed by atoms with Crippen LogP contribution in [0.25, 0.3) is 0 Å². The second-order valence-electron chi connectivity index (χ2n) is 7.01. The molecule has 1 amide bonds. The van der Waals surface area contributed by atoms with E-state index in [1.54, 1.807) is 6.92 Å². The molecule has 3 N–H and O–H groups in total. The Morgan fingerprint density at radius 3 is 1.67 bits per heavy atom. The van der Waals surface area contributed by atoms with Gasteiger partial charge in [0.1, 0.15) is 19.0 Å². The molecule has 0 aromatic heterocycles. The van der Waals surface area contributed by atoms with Gasteiger partial charge in [0.2, 0.25) is 5.91 Å². The highest BCUT2D eigenvalue weighted by Gasteiger charge is 2.01. The largest absolute Gasteiger partial charge is 0.381 e. The normalized spacial score (nSPS) is 10.4. The number of carbonyl (C=O) groups excluding carboxylic acids is 3. The second-order valence-corrected chi connectivity index (χ2v) is 7.01. The van der Waals surface area contributed by atoms with Gasteiger partial charge in [-0.25, -0.2) is 0 Å². The fourth-order valence-electron chi connectivity index (χ4n) is 1.99. The number of rotatable bonds is 23. The Morgan fingerprint density at radius 2 is 1.12 bits per heavy atom. The van der Waals surface area contributed by atoms with E-state index in [0.717, 1.165) is 26.1 Å². The Balaban J connectivity index is 0. The molecule has 0 atom stereocenters. The molecule has 0 spiro atoms. The fourth-order valence-corrected chi connectivity index (χ4v) is 1.99. The summed E-state index contributed by atoms with van der Waals surface area (Å²) in [6.07, 6.45) is 1.55. The molecule has 0 rings (SSSR count). The highest BCUT2D eigenvalue weighted by molar-refractivity contribution is 5.79. The molecule has 0 aliphatic rings. The lowest BCUT2D eigenvalue weighted by atomic mass is 10.3. The molecular weight excluding hydrogens is 434 g/mol. The Labute approximate surface area is 198 Å². The van der Waals surface area contributed by atoms with Crippen LogP contribution in [0.2, 0.25) is 0 Å². The molecule has 0 unspecified atom stereocenters. The van der Waals surface area contributed by atoms with Crippen molar-refractivity contribution in [2.45, 2.75) is 26.7 Å². The first-order valence-electron chi connectivity index (χ1n) is 11.4. The van der Waals surface area contributed by atoms with Crippen LogP contribution in [0.1, 0.15) is 26.7 Å². The van der Waals surface area contributed by atoms with Crippen LogP contribution in [0.15, 0.2) is 0 Å². The van der Waals surface area contributed by atoms with E-state index in [-0.39, 0.29) is 30.7 Å². The average Bonchev–Trinajstić information content (AvgIpc) is 2.77. The van der Waals surface area contributed by atoms with E-state index in [0.29, 0.717) is 59.2 Å². The van der Waals surface area contributed by atoms with Crippen LogP contribution in [-0.2, 0) is 38.1 Å². The maximum absolute atomic E-state index is 11.3. The van der Waals surface area contributed by atoms with Crippen molar-refractivity contribution in [2.24, 2.45) is 0 Å². The minimum atomic E-state index is -0.264. The zero-order valence-corrected chi connectivity index (χ0v) is 20.9. The summed E-state index contributed by atoms with van der Waals surface area (Å²) in [7, 11) is 3.79. The van der Waals surface area contributed by atoms with Crippen molar-refractivity contribution in [3.05, 3.63) is 0 Å². The average molecular weight is 480 g/mol. The lowest BCUT2D eigenvalue weighted by molar-refractivity contribution is -0.129. The van der Waals surface area contributed by atoms with Crippen LogP contribution >= 0.6 is 0 Å². The van der Waals surface area contributed by atoms with Crippen molar-refractivity contribution in [2.75, 3.05) is 99.8 Å². The zero-order chi connectivity index (χ0) is 25.0. The number of hydrogen-bond donors (Lipinski definition) is 3. The molecular formula is C22H45N3O8. The molecule has 11 heteroatoms. The fraction of sp³-hybridized carbons (Fsp3) is 0.864. The Morgan fingerprint density at radius 1 is 0.576 bits per heavy atom. The number of ether oxygens (including phenoxy) is 5. The van der Waals surface area contributed by atoms with E-state index in [9.17, 15) is 14.4 Å². The van der Waals surface area contributed by atoms with Crippen molar-refractivity contribution in [1.29, 1.82) is 0 Å². The van der Waals surface area contributed by atoms with Crippen molar-refractivity contribution in [3.63, 3.8) is 0 Å². The molecule has 196 valence electrons. The minimum Gasteiger partial charge on any atom is -0.381 e. The van der Waals surface area contributed by atoms with Gasteiger partial charge in [-0.05, 0) is 40.9 Å². The first-order valence-corrected chi connectivity index (χ1v) is 11.4. The van der Waals surface area contributed by atoms with Crippen molar-refractivity contribution in [1.82, 2.24) is 16.0 Å². The van der Waals surface area contributed by atoms with Crippen LogP contribution in [0.4, 0.5) is 0 Å². The van der Waals surface area contributed by atoms with Crippen LogP contribution in [-0.4, -0.2) is 117 Å². The van der Waals surface area contributed by atoms with Gasteiger partial charge in [0.15, 0.2) is 5.78 Å². The van der Waals surface area contributed by atoms with Crippen molar-refractivity contribution in [3.8, 4) is 0 Å². The highest BCUT2D eigenvalue weighted by atomic mass is 16.5. The molecule has 0 saturated carbocycles. The van der Waals surface area contributed by atoms with E-state index in [1.165, 1.54) is 6.92 Å². The standard InChI is InChI=1S/C14H28N2O6.C8H17NO2/c1-13(17)11-22-12-14(18)16-4-6-20-8-10-21-9-7-19-5-3-15-2;1-8(10)4-7-11-6-3-5-9-2/h15H,3-12H2,1-2H3,(H,16,18);9H,3-7H2,1-2H3. The number of carbonyl (C=O) groups is 3. The summed E-state index contributed by atoms with van der Waals surface area (Å²) in [5.41, 5.74) is 0. The predicted octanol–water partition coefficient (Wildman–Crippen LogP) is -0.431. The minimum absolute atomic E-state index is 0.0417. The third kappa shape index (κ3) is 35.3. The molecule has 33 heavy (non-hydrogen) atoms. The van der Waals surface area contributed by atoms with Crippen LogP contribution in [0, 0.1) is 0 Å². The summed E-state index contributed by atoms with van der Waals surface area (Å²) in [6.45, 7) is 9.48. The van der Waals surface area contributed by atoms with Gasteiger partial charge in [0, 0.05) is 26.1 Å². The topological polar surface area (TPSA) is 133 Å². The van der Waals surface area contributed by atoms with Crippen molar-refractivity contribution >= 4 is 17.5 Å². The molecule has 0 aromatic rings. The SMILES string of the molecule is CNCCCOCCC(C)=O.CNCCOCCOCCOCCNC(=O)COCC(C)=O. The van der Waals surface area contributed by atoms with Gasteiger partial charge in [-0.3, -0.25) is 14.4 Å². The summed E-state index contributed by atoms with van der Waals surface area (Å²) in [5.74, 6) is -0.179. The zero-order valence-electron chi connectivity index (χ0n) is 20.9. The number of amides is 1. The van der Waals surface area contributed by atoms with Gasteiger partial charge in [0.25, 0.3) is 0 Å². The van der Waals surface area contributed by atoms with Gasteiger partial charge < -0.3 is 39.6 Å². The van der Waals surface area contributed by atoms with Crippen LogP contribution in [0.5, 0.6) is 0 Å². The van der Waals surface area contributed by atoms with Gasteiger partial charge in [0.05, 0.1) is 46.2 Å². The summed E-state index contributed by atoms with van der Waals surface area (Å²) in [5, 5.41) is 8.62. The van der Waals surface area contributed by atoms with E-state index in [4.69, 9.17) is 23.7 Å². The summed E-state index contributed by atoms with van der Waals surface area (Å²) in [6, 6.07) is 0. The van der Waals surface area contributed by atoms with Gasteiger partial charge >= 0.3 is 0 Å². The Bertz CT molecular complexity index is 467. The maximum atomic E-state index is 11.3. The monoisotopic (exact) mass is 479 g/mol. The first kappa shape index (κ1) is 33.7. The molecule has 0 aromatic carbocycles. The summed E-state index contributed by atoms with van der Waals surface area (Å²) in [4.78, 5) is 32.3. The molecule has 0 bridgehead atoms. The molecule has 0 heterocycles. The lowest BCUT2D eigenvalue weighted by Crippen LogP contribution is -2.31. The third-order valence-corrected chi connectivity index (χ3v) is 3.66. The second kappa shape index (κ2) is 28.6. The van der Waals surface area contributed by atoms with Crippen LogP contribution < -0.4 is 16.0 Å². The molecule has 0 radical (unpaired) electrons. The first-order chi connectivity index (χ1) is 15.9. The number of hydrogen-bond acceptors (Lipinski definition) is 10. The smallest absolute Gasteiger partial charge is 0.246 e. The predicted molar refractivity (Wildman–Crippen MR) is 126 cm³/mol. The van der Waals surface area contributed by atoms with Gasteiger partial charge in [-0.1, -0.05) is 0 Å². The lowest BCUT2D eigenvalue weighted by Gasteiger charge is -2.08. The molecule has 0 aliphatic carbocycles. The molecule has 0 aliphatic heterocycles. The van der Waals surface area contributed by atoms with E-state index < -0.39 is 0 Å².